The number of fused-ring (bicyclic) bond motifs is 5. The van der Waals surface area contributed by atoms with Crippen LogP contribution in [0.25, 0.3) is 38.6 Å². The number of hydrogen-bond acceptors (Lipinski definition) is 1. The fraction of sp³-hybridized carbons (Fsp3) is 0.0312. The van der Waals surface area contributed by atoms with Crippen molar-refractivity contribution in [2.45, 2.75) is 6.42 Å². The third kappa shape index (κ3) is 2.79. The zero-order chi connectivity index (χ0) is 22.6. The summed E-state index contributed by atoms with van der Waals surface area (Å²) < 4.78 is 2.32. The number of aromatic nitrogens is 1. The Morgan fingerprint density at radius 2 is 1.21 bits per heavy atom. The average molecular weight is 436 g/mol. The van der Waals surface area contributed by atoms with Gasteiger partial charge < -0.3 is 4.57 Å². The molecule has 1 heterocycles. The van der Waals surface area contributed by atoms with Crippen molar-refractivity contribution in [1.82, 2.24) is 4.57 Å². The van der Waals surface area contributed by atoms with Gasteiger partial charge in [-0.2, -0.15) is 0 Å². The maximum atomic E-state index is 13.2. The van der Waals surface area contributed by atoms with Gasteiger partial charge in [0.25, 0.3) is 0 Å². The van der Waals surface area contributed by atoms with Gasteiger partial charge in [0.2, 0.25) is 0 Å². The highest BCUT2D eigenvalue weighted by atomic mass is 16.1. The molecule has 0 aliphatic heterocycles. The van der Waals surface area contributed by atoms with Crippen LogP contribution in [0.5, 0.6) is 0 Å². The topological polar surface area (TPSA) is 22.0 Å². The predicted molar refractivity (Wildman–Crippen MR) is 139 cm³/mol. The normalized spacial score (nSPS) is 12.6. The molecule has 6 aromatic rings. The van der Waals surface area contributed by atoms with E-state index in [-0.39, 0.29) is 5.78 Å². The maximum absolute atomic E-state index is 13.2. The Labute approximate surface area is 197 Å². The first-order valence-electron chi connectivity index (χ1n) is 11.6. The minimum atomic E-state index is 0.125. The lowest BCUT2D eigenvalue weighted by atomic mass is 9.83. The molecule has 0 N–H and O–H groups in total. The first-order chi connectivity index (χ1) is 16.8. The van der Waals surface area contributed by atoms with E-state index in [1.165, 1.54) is 21.8 Å². The largest absolute Gasteiger partial charge is 0.309 e. The number of para-hydroxylation sites is 2. The van der Waals surface area contributed by atoms with Crippen molar-refractivity contribution < 1.29 is 4.79 Å². The van der Waals surface area contributed by atoms with Crippen molar-refractivity contribution in [3.8, 4) is 16.8 Å². The fourth-order valence-corrected chi connectivity index (χ4v) is 5.38. The highest BCUT2D eigenvalue weighted by Gasteiger charge is 2.23. The zero-order valence-corrected chi connectivity index (χ0v) is 18.5. The van der Waals surface area contributed by atoms with Crippen molar-refractivity contribution in [3.05, 3.63) is 138 Å². The van der Waals surface area contributed by atoms with Gasteiger partial charge >= 0.3 is 0 Å². The molecule has 0 radical (unpaired) electrons. The van der Waals surface area contributed by atoms with Gasteiger partial charge in [0.1, 0.15) is 0 Å². The van der Waals surface area contributed by atoms with Crippen LogP contribution in [0, 0.1) is 0 Å². The number of ketones is 1. The Morgan fingerprint density at radius 1 is 0.529 bits per heavy atom. The molecule has 0 bridgehead atoms. The molecule has 0 fully saturated rings. The van der Waals surface area contributed by atoms with Crippen molar-refractivity contribution in [3.63, 3.8) is 0 Å². The monoisotopic (exact) mass is 435 g/mol. The molecular formula is C32H21NO. The van der Waals surface area contributed by atoms with Crippen LogP contribution in [0.3, 0.4) is 0 Å². The molecule has 2 nitrogen and oxygen atoms in total. The van der Waals surface area contributed by atoms with Crippen molar-refractivity contribution in [2.24, 2.45) is 0 Å². The zero-order valence-electron chi connectivity index (χ0n) is 18.5. The van der Waals surface area contributed by atoms with E-state index in [1.807, 2.05) is 24.3 Å². The van der Waals surface area contributed by atoms with Gasteiger partial charge in [-0.3, -0.25) is 4.79 Å². The summed E-state index contributed by atoms with van der Waals surface area (Å²) in [6.07, 6.45) is 0.807. The van der Waals surface area contributed by atoms with Crippen LogP contribution in [-0.2, 0) is 6.42 Å². The quantitative estimate of drug-likeness (QED) is 0.274. The van der Waals surface area contributed by atoms with E-state index in [1.54, 1.807) is 0 Å². The van der Waals surface area contributed by atoms with Crippen LogP contribution in [-0.4, -0.2) is 10.4 Å². The second-order valence-corrected chi connectivity index (χ2v) is 8.96. The maximum Gasteiger partial charge on any atom is 0.193 e. The Hall–Kier alpha value is -4.43. The summed E-state index contributed by atoms with van der Waals surface area (Å²) in [6.45, 7) is 0. The lowest BCUT2D eigenvalue weighted by Gasteiger charge is -2.19. The summed E-state index contributed by atoms with van der Waals surface area (Å²) in [5, 5.41) is 2.44. The molecule has 1 aliphatic carbocycles. The summed E-state index contributed by atoms with van der Waals surface area (Å²) in [6, 6.07) is 40.0. The van der Waals surface area contributed by atoms with Crippen LogP contribution in [0.1, 0.15) is 27.0 Å². The van der Waals surface area contributed by atoms with Crippen LogP contribution < -0.4 is 0 Å². The van der Waals surface area contributed by atoms with Gasteiger partial charge in [-0.15, -0.1) is 0 Å². The van der Waals surface area contributed by atoms with Crippen molar-refractivity contribution >= 4 is 27.6 Å². The lowest BCUT2D eigenvalue weighted by molar-refractivity contribution is 0.103. The Balaban J connectivity index is 1.40. The van der Waals surface area contributed by atoms with Gasteiger partial charge in [0.15, 0.2) is 5.78 Å². The SMILES string of the molecule is O=C1c2ccccc2Cc2ccc(-c3ccc4c(c3)c3ccccc3n4-c3ccccc3)cc21. The summed E-state index contributed by atoms with van der Waals surface area (Å²) in [5.41, 5.74) is 9.59. The number of hydrogen-bond donors (Lipinski definition) is 0. The Morgan fingerprint density at radius 3 is 2.12 bits per heavy atom. The first-order valence-corrected chi connectivity index (χ1v) is 11.6. The molecule has 5 aromatic carbocycles. The third-order valence-electron chi connectivity index (χ3n) is 7.02. The highest BCUT2D eigenvalue weighted by Crippen LogP contribution is 2.36. The molecule has 0 saturated heterocycles. The molecule has 2 heteroatoms. The summed E-state index contributed by atoms with van der Waals surface area (Å²) in [5.74, 6) is 0.125. The molecule has 0 saturated carbocycles. The highest BCUT2D eigenvalue weighted by molar-refractivity contribution is 6.13. The summed E-state index contributed by atoms with van der Waals surface area (Å²) >= 11 is 0. The minimum Gasteiger partial charge on any atom is -0.309 e. The molecule has 160 valence electrons. The summed E-state index contributed by atoms with van der Waals surface area (Å²) in [4.78, 5) is 13.2. The number of rotatable bonds is 2. The van der Waals surface area contributed by atoms with E-state index in [4.69, 9.17) is 0 Å². The second kappa shape index (κ2) is 7.29. The van der Waals surface area contributed by atoms with Gasteiger partial charge in [-0.05, 0) is 65.1 Å². The van der Waals surface area contributed by atoms with Gasteiger partial charge in [0, 0.05) is 27.6 Å². The smallest absolute Gasteiger partial charge is 0.193 e. The Kier molecular flexibility index (Phi) is 4.09. The molecule has 1 aliphatic rings. The lowest BCUT2D eigenvalue weighted by Crippen LogP contribution is -2.14. The van der Waals surface area contributed by atoms with Gasteiger partial charge in [-0.1, -0.05) is 78.9 Å². The standard InChI is InChI=1S/C32H21NO/c34-32-26-11-5-4-8-23(26)18-24-15-14-21(19-28(24)32)22-16-17-31-29(20-22)27-12-6-7-13-30(27)33(31)25-9-2-1-3-10-25/h1-17,19-20H,18H2. The van der Waals surface area contributed by atoms with Crippen molar-refractivity contribution in [1.29, 1.82) is 0 Å². The van der Waals surface area contributed by atoms with Crippen LogP contribution in [0.2, 0.25) is 0 Å². The van der Waals surface area contributed by atoms with Crippen LogP contribution in [0.15, 0.2) is 115 Å². The van der Waals surface area contributed by atoms with Crippen molar-refractivity contribution in [2.75, 3.05) is 0 Å². The number of nitrogens with zero attached hydrogens (tertiary/aromatic N) is 1. The van der Waals surface area contributed by atoms with E-state index in [2.05, 4.69) is 95.6 Å². The molecule has 0 amide bonds. The molecule has 1 aromatic heterocycles. The number of carbonyl (C=O) groups excluding carboxylic acids is 1. The molecular weight excluding hydrogens is 414 g/mol. The number of benzene rings is 5. The first kappa shape index (κ1) is 19.1. The number of carbonyl (C=O) groups is 1. The second-order valence-electron chi connectivity index (χ2n) is 8.96. The Bertz CT molecular complexity index is 1740. The van der Waals surface area contributed by atoms with E-state index in [0.29, 0.717) is 0 Å². The van der Waals surface area contributed by atoms with Gasteiger partial charge in [0.05, 0.1) is 11.0 Å². The molecule has 0 spiro atoms. The van der Waals surface area contributed by atoms with E-state index in [9.17, 15) is 4.79 Å². The van der Waals surface area contributed by atoms with Crippen LogP contribution >= 0.6 is 0 Å². The fourth-order valence-electron chi connectivity index (χ4n) is 5.38. The van der Waals surface area contributed by atoms with E-state index >= 15 is 0 Å². The molecule has 0 atom stereocenters. The average Bonchev–Trinajstić information content (AvgIpc) is 3.23. The predicted octanol–water partition coefficient (Wildman–Crippen LogP) is 7.59. The molecule has 0 unspecified atom stereocenters. The van der Waals surface area contributed by atoms with E-state index < -0.39 is 0 Å². The molecule has 34 heavy (non-hydrogen) atoms. The van der Waals surface area contributed by atoms with E-state index in [0.717, 1.165) is 45.5 Å². The third-order valence-corrected chi connectivity index (χ3v) is 7.02. The minimum absolute atomic E-state index is 0.125. The molecule has 7 rings (SSSR count). The van der Waals surface area contributed by atoms with Gasteiger partial charge in [-0.25, -0.2) is 0 Å². The van der Waals surface area contributed by atoms with Crippen LogP contribution in [0.4, 0.5) is 0 Å². The summed E-state index contributed by atoms with van der Waals surface area (Å²) in [7, 11) is 0.